The van der Waals surface area contributed by atoms with Gasteiger partial charge in [0.1, 0.15) is 0 Å². The topological polar surface area (TPSA) is 144 Å². The van der Waals surface area contributed by atoms with E-state index < -0.39 is 15.9 Å². The number of nitrogens with one attached hydrogen (secondary N) is 3. The largest absolute Gasteiger partial charge is 0.492 e. The van der Waals surface area contributed by atoms with Gasteiger partial charge in [-0.25, -0.2) is 13.1 Å². The lowest BCUT2D eigenvalue weighted by Crippen LogP contribution is -2.26. The number of rotatable bonds is 9. The van der Waals surface area contributed by atoms with E-state index in [9.17, 15) is 18.0 Å². The van der Waals surface area contributed by atoms with Crippen LogP contribution in [0.3, 0.4) is 0 Å². The molecule has 3 aromatic carbocycles. The van der Waals surface area contributed by atoms with Crippen LogP contribution in [0, 0.1) is 0 Å². The van der Waals surface area contributed by atoms with Gasteiger partial charge in [0.2, 0.25) is 10.0 Å². The molecule has 1 aromatic heterocycles. The molecule has 0 saturated heterocycles. The number of ether oxygens (including phenoxy) is 1. The van der Waals surface area contributed by atoms with E-state index in [0.717, 1.165) is 17.4 Å². The highest BCUT2D eigenvalue weighted by molar-refractivity contribution is 7.92. The summed E-state index contributed by atoms with van der Waals surface area (Å²) in [6, 6.07) is 19.4. The molecule has 4 rings (SSSR count). The molecule has 0 radical (unpaired) electrons. The molecular formula is C30H34N6O5S. The lowest BCUT2D eigenvalue weighted by Gasteiger charge is -2.24. The zero-order chi connectivity index (χ0) is 30.7. The molecule has 0 aliphatic heterocycles. The minimum Gasteiger partial charge on any atom is -0.492 e. The van der Waals surface area contributed by atoms with Crippen LogP contribution >= 0.6 is 0 Å². The monoisotopic (exact) mass is 590 g/mol. The molecule has 12 heteroatoms. The fourth-order valence-corrected chi connectivity index (χ4v) is 4.78. The molecule has 1 unspecified atom stereocenters. The van der Waals surface area contributed by atoms with Crippen molar-refractivity contribution in [2.75, 3.05) is 23.4 Å². The van der Waals surface area contributed by atoms with E-state index in [4.69, 9.17) is 4.74 Å². The van der Waals surface area contributed by atoms with E-state index in [1.807, 2.05) is 58.0 Å². The van der Waals surface area contributed by atoms with Crippen LogP contribution in [0.1, 0.15) is 65.7 Å². The first-order valence-corrected chi connectivity index (χ1v) is 15.0. The molecule has 2 amide bonds. The first-order valence-electron chi connectivity index (χ1n) is 13.2. The molecule has 0 saturated carbocycles. The number of hydrogen-bond acceptors (Lipinski definition) is 7. The van der Waals surface area contributed by atoms with Crippen LogP contribution in [0.5, 0.6) is 5.75 Å². The van der Waals surface area contributed by atoms with Gasteiger partial charge >= 0.3 is 0 Å². The molecule has 220 valence electrons. The summed E-state index contributed by atoms with van der Waals surface area (Å²) >= 11 is 0. The van der Waals surface area contributed by atoms with Crippen molar-refractivity contribution in [3.8, 4) is 11.4 Å². The average molecular weight is 591 g/mol. The molecule has 1 heterocycles. The second-order valence-corrected chi connectivity index (χ2v) is 12.6. The Morgan fingerprint density at radius 3 is 2.29 bits per heavy atom. The Morgan fingerprint density at radius 2 is 1.64 bits per heavy atom. The molecular weight excluding hydrogens is 556 g/mol. The van der Waals surface area contributed by atoms with Gasteiger partial charge in [-0.05, 0) is 53.8 Å². The zero-order valence-corrected chi connectivity index (χ0v) is 25.1. The van der Waals surface area contributed by atoms with E-state index in [-0.39, 0.29) is 34.5 Å². The van der Waals surface area contributed by atoms with E-state index in [1.165, 1.54) is 18.0 Å². The summed E-state index contributed by atoms with van der Waals surface area (Å²) in [5.41, 5.74) is 2.85. The van der Waals surface area contributed by atoms with Crippen molar-refractivity contribution in [3.63, 3.8) is 0 Å². The summed E-state index contributed by atoms with van der Waals surface area (Å²) in [6.07, 6.45) is 2.53. The van der Waals surface area contributed by atoms with Gasteiger partial charge in [-0.15, -0.1) is 5.10 Å². The molecule has 0 aliphatic carbocycles. The number of hydrogen-bond donors (Lipinski definition) is 3. The fraction of sp³-hybridized carbons (Fsp3) is 0.267. The Kier molecular flexibility index (Phi) is 8.67. The average Bonchev–Trinajstić information content (AvgIpc) is 3.43. The van der Waals surface area contributed by atoms with E-state index in [1.54, 1.807) is 36.4 Å². The quantitative estimate of drug-likeness (QED) is 0.257. The second kappa shape index (κ2) is 12.0. The number of methoxy groups -OCH3 is 1. The number of nitrogens with zero attached hydrogens (tertiary/aromatic N) is 3. The van der Waals surface area contributed by atoms with Crippen molar-refractivity contribution in [2.24, 2.45) is 0 Å². The summed E-state index contributed by atoms with van der Waals surface area (Å²) in [6.45, 7) is 7.81. The summed E-state index contributed by atoms with van der Waals surface area (Å²) in [5, 5.41) is 13.8. The molecule has 0 spiro atoms. The molecule has 11 nitrogen and oxygen atoms in total. The van der Waals surface area contributed by atoms with Gasteiger partial charge in [0, 0.05) is 5.56 Å². The van der Waals surface area contributed by atoms with Crippen molar-refractivity contribution in [2.45, 2.75) is 39.2 Å². The first kappa shape index (κ1) is 30.3. The summed E-state index contributed by atoms with van der Waals surface area (Å²) < 4.78 is 33.4. The predicted octanol–water partition coefficient (Wildman–Crippen LogP) is 4.69. The third-order valence-electron chi connectivity index (χ3n) is 6.45. The molecule has 0 bridgehead atoms. The van der Waals surface area contributed by atoms with E-state index in [0.29, 0.717) is 16.9 Å². The van der Waals surface area contributed by atoms with Gasteiger partial charge in [-0.1, -0.05) is 62.4 Å². The van der Waals surface area contributed by atoms with Crippen molar-refractivity contribution >= 4 is 33.2 Å². The van der Waals surface area contributed by atoms with Crippen molar-refractivity contribution in [1.82, 2.24) is 20.3 Å². The summed E-state index contributed by atoms with van der Waals surface area (Å²) in [7, 11) is -2.22. The first-order chi connectivity index (χ1) is 19.7. The maximum atomic E-state index is 13.4. The molecule has 1 atom stereocenters. The van der Waals surface area contributed by atoms with Crippen LogP contribution < -0.4 is 20.1 Å². The van der Waals surface area contributed by atoms with Crippen molar-refractivity contribution in [1.29, 1.82) is 0 Å². The van der Waals surface area contributed by atoms with E-state index >= 15 is 0 Å². The maximum absolute atomic E-state index is 13.4. The number of amides is 2. The third kappa shape index (κ3) is 7.32. The highest BCUT2D eigenvalue weighted by atomic mass is 32.2. The minimum absolute atomic E-state index is 0.127. The van der Waals surface area contributed by atoms with Gasteiger partial charge in [-0.3, -0.25) is 14.3 Å². The normalized spacial score (nSPS) is 12.3. The lowest BCUT2D eigenvalue weighted by atomic mass is 9.86. The van der Waals surface area contributed by atoms with Gasteiger partial charge in [0.15, 0.2) is 11.4 Å². The van der Waals surface area contributed by atoms with Gasteiger partial charge in [0.05, 0.1) is 42.7 Å². The minimum atomic E-state index is -3.62. The third-order valence-corrected chi connectivity index (χ3v) is 7.04. The Morgan fingerprint density at radius 1 is 0.952 bits per heavy atom. The molecule has 3 N–H and O–H groups in total. The van der Waals surface area contributed by atoms with Gasteiger partial charge in [0.25, 0.3) is 11.8 Å². The fourth-order valence-electron chi connectivity index (χ4n) is 4.22. The van der Waals surface area contributed by atoms with Crippen LogP contribution in [0.4, 0.5) is 11.4 Å². The van der Waals surface area contributed by atoms with Crippen LogP contribution in [0.15, 0.2) is 72.9 Å². The maximum Gasteiger partial charge on any atom is 0.273 e. The van der Waals surface area contributed by atoms with Crippen molar-refractivity contribution in [3.05, 3.63) is 95.3 Å². The Labute approximate surface area is 245 Å². The SMILES string of the molecule is COc1c(NC(=O)c2cccc(-n3cc(C(=O)NC(C)c4ccccc4)nn3)c2)cc(C(C)(C)C)cc1NS(C)(=O)=O. The number of aromatic nitrogens is 3. The highest BCUT2D eigenvalue weighted by Gasteiger charge is 2.23. The Hall–Kier alpha value is -4.71. The number of carbonyl (C=O) groups excluding carboxylic acids is 2. The molecule has 42 heavy (non-hydrogen) atoms. The van der Waals surface area contributed by atoms with Crippen LogP contribution in [0.25, 0.3) is 5.69 Å². The van der Waals surface area contributed by atoms with Gasteiger partial charge in [-0.2, -0.15) is 0 Å². The van der Waals surface area contributed by atoms with Crippen LogP contribution in [-0.4, -0.2) is 48.6 Å². The number of carbonyl (C=O) groups is 2. The van der Waals surface area contributed by atoms with Gasteiger partial charge < -0.3 is 15.4 Å². The van der Waals surface area contributed by atoms with Crippen LogP contribution in [-0.2, 0) is 15.4 Å². The van der Waals surface area contributed by atoms with E-state index in [2.05, 4.69) is 25.7 Å². The standard InChI is InChI=1S/C30H34N6O5S/c1-19(20-11-8-7-9-12-20)31-29(38)26-18-36(35-33-26)23-14-10-13-21(15-23)28(37)32-24-16-22(30(2,3)4)17-25(27(24)41-5)34-42(6,39)40/h7-19,34H,1-6H3,(H,31,38)(H,32,37). The summed E-state index contributed by atoms with van der Waals surface area (Å²) in [4.78, 5) is 26.2. The smallest absolute Gasteiger partial charge is 0.273 e. The molecule has 0 aliphatic rings. The lowest BCUT2D eigenvalue weighted by molar-refractivity contribution is 0.0934. The summed E-state index contributed by atoms with van der Waals surface area (Å²) in [5.74, 6) is -0.660. The van der Waals surface area contributed by atoms with Crippen LogP contribution in [0.2, 0.25) is 0 Å². The van der Waals surface area contributed by atoms with Crippen molar-refractivity contribution < 1.29 is 22.7 Å². The Bertz CT molecular complexity index is 1710. The molecule has 4 aromatic rings. The number of benzene rings is 3. The second-order valence-electron chi connectivity index (χ2n) is 10.9. The highest BCUT2D eigenvalue weighted by Crippen LogP contribution is 2.39. The predicted molar refractivity (Wildman–Crippen MR) is 162 cm³/mol. The number of sulfonamides is 1. The molecule has 0 fully saturated rings. The Balaban J connectivity index is 1.57. The zero-order valence-electron chi connectivity index (χ0n) is 24.3. The number of anilines is 2.